The van der Waals surface area contributed by atoms with Gasteiger partial charge in [0.1, 0.15) is 0 Å². The van der Waals surface area contributed by atoms with Crippen molar-refractivity contribution in [1.29, 1.82) is 0 Å². The van der Waals surface area contributed by atoms with Crippen LogP contribution in [-0.2, 0) is 26.2 Å². The van der Waals surface area contributed by atoms with E-state index in [1.54, 1.807) is 0 Å². The van der Waals surface area contributed by atoms with Crippen LogP contribution in [0.15, 0.2) is 48.6 Å². The van der Waals surface area contributed by atoms with Crippen molar-refractivity contribution >= 4 is 0 Å². The van der Waals surface area contributed by atoms with Crippen molar-refractivity contribution in [2.24, 2.45) is 0 Å². The van der Waals surface area contributed by atoms with E-state index in [2.05, 4.69) is 30.9 Å². The summed E-state index contributed by atoms with van der Waals surface area (Å²) in [6.07, 6.45) is 28.5. The first-order valence-corrected chi connectivity index (χ1v) is 7.02. The molecule has 0 saturated carbocycles. The standard InChI is InChI=1S/C13H19.C5H5.2ClH.Zr/c1-2-3-4-5-6-7-10-13-11-8-9-12-13;1-2-4-5-3-1;;;/h2,8-9H,1,3-7,10-11H2;1-3H,4H2;2*1H;/q2*-1;;;+4/p-2. The smallest absolute Gasteiger partial charge is 1.00 e. The molecule has 2 aliphatic carbocycles. The third-order valence-electron chi connectivity index (χ3n) is 2.99. The third kappa shape index (κ3) is 16.4. The second kappa shape index (κ2) is 20.2. The minimum atomic E-state index is 0. The van der Waals surface area contributed by atoms with E-state index in [1.807, 2.05) is 24.3 Å². The Morgan fingerprint density at radius 3 is 2.33 bits per heavy atom. The molecule has 3 heteroatoms. The van der Waals surface area contributed by atoms with Gasteiger partial charge in [-0.25, -0.2) is 24.3 Å². The Morgan fingerprint density at radius 2 is 1.86 bits per heavy atom. The van der Waals surface area contributed by atoms with Crippen LogP contribution in [0.25, 0.3) is 0 Å². The Balaban J connectivity index is -0.000000349. The van der Waals surface area contributed by atoms with Crippen LogP contribution in [0.3, 0.4) is 0 Å². The quantitative estimate of drug-likeness (QED) is 0.307. The van der Waals surface area contributed by atoms with E-state index in [-0.39, 0.29) is 51.0 Å². The molecule has 0 radical (unpaired) electrons. The first kappa shape index (κ1) is 26.1. The fourth-order valence-corrected chi connectivity index (χ4v) is 1.93. The number of unbranched alkanes of at least 4 members (excludes halogenated alkanes) is 4. The van der Waals surface area contributed by atoms with Crippen molar-refractivity contribution in [2.75, 3.05) is 0 Å². The van der Waals surface area contributed by atoms with Gasteiger partial charge in [-0.05, 0) is 12.8 Å². The molecule has 0 atom stereocenters. The van der Waals surface area contributed by atoms with Gasteiger partial charge in [-0.3, -0.25) is 12.2 Å². The zero-order chi connectivity index (χ0) is 12.9. The molecule has 2 rings (SSSR count). The van der Waals surface area contributed by atoms with E-state index in [0.717, 1.165) is 12.8 Å². The number of halogens is 2. The normalized spacial score (nSPS) is 13.2. The molecule has 0 amide bonds. The average Bonchev–Trinajstić information content (AvgIpc) is 3.07. The van der Waals surface area contributed by atoms with Crippen molar-refractivity contribution in [3.05, 3.63) is 60.8 Å². The maximum atomic E-state index is 3.72. The summed E-state index contributed by atoms with van der Waals surface area (Å²) in [5.74, 6) is 0. The van der Waals surface area contributed by atoms with Gasteiger partial charge < -0.3 is 24.8 Å². The zero-order valence-electron chi connectivity index (χ0n) is 12.6. The van der Waals surface area contributed by atoms with Crippen molar-refractivity contribution in [3.63, 3.8) is 0 Å². The number of hydrogen-bond donors (Lipinski definition) is 0. The maximum absolute atomic E-state index is 3.72. The number of rotatable bonds is 7. The molecule has 0 bridgehead atoms. The molecule has 0 aromatic rings. The summed E-state index contributed by atoms with van der Waals surface area (Å²) in [7, 11) is 0. The molecular formula is C18H24Cl2Zr. The molecule has 0 saturated heterocycles. The van der Waals surface area contributed by atoms with E-state index in [0.29, 0.717) is 0 Å². The maximum Gasteiger partial charge on any atom is 4.00 e. The summed E-state index contributed by atoms with van der Waals surface area (Å²) in [6, 6.07) is 0. The largest absolute Gasteiger partial charge is 4.00 e. The van der Waals surface area contributed by atoms with Crippen LogP contribution in [-0.4, -0.2) is 0 Å². The van der Waals surface area contributed by atoms with Crippen molar-refractivity contribution in [3.8, 4) is 0 Å². The fraction of sp³-hybridized carbons (Fsp3) is 0.444. The van der Waals surface area contributed by atoms with Crippen molar-refractivity contribution < 1.29 is 51.0 Å². The van der Waals surface area contributed by atoms with Crippen LogP contribution >= 0.6 is 0 Å². The Morgan fingerprint density at radius 1 is 1.10 bits per heavy atom. The van der Waals surface area contributed by atoms with Gasteiger partial charge in [-0.1, -0.05) is 38.2 Å². The van der Waals surface area contributed by atoms with Crippen LogP contribution in [0.2, 0.25) is 0 Å². The van der Waals surface area contributed by atoms with Gasteiger partial charge in [0, 0.05) is 0 Å². The first-order valence-electron chi connectivity index (χ1n) is 7.02. The van der Waals surface area contributed by atoms with Gasteiger partial charge in [0.2, 0.25) is 0 Å². The van der Waals surface area contributed by atoms with Gasteiger partial charge >= 0.3 is 26.2 Å². The Bertz CT molecular complexity index is 331. The number of hydrogen-bond acceptors (Lipinski definition) is 0. The number of allylic oxidation sites excluding steroid dienone is 9. The van der Waals surface area contributed by atoms with Crippen LogP contribution < -0.4 is 24.8 Å². The molecule has 0 nitrogen and oxygen atoms in total. The minimum absolute atomic E-state index is 0. The van der Waals surface area contributed by atoms with E-state index >= 15 is 0 Å². The van der Waals surface area contributed by atoms with Crippen LogP contribution in [0.1, 0.15) is 51.4 Å². The zero-order valence-corrected chi connectivity index (χ0v) is 16.6. The Kier molecular flexibility index (Phi) is 25.0. The molecule has 21 heavy (non-hydrogen) atoms. The van der Waals surface area contributed by atoms with E-state index < -0.39 is 0 Å². The molecule has 0 fully saturated rings. The third-order valence-corrected chi connectivity index (χ3v) is 2.99. The Hall–Kier alpha value is 0.163. The first-order chi connectivity index (χ1) is 8.93. The monoisotopic (exact) mass is 400 g/mol. The second-order valence-electron chi connectivity index (χ2n) is 4.60. The summed E-state index contributed by atoms with van der Waals surface area (Å²) < 4.78 is 0. The van der Waals surface area contributed by atoms with Crippen LogP contribution in [0, 0.1) is 12.2 Å². The molecule has 0 N–H and O–H groups in total. The summed E-state index contributed by atoms with van der Waals surface area (Å²) in [5, 5.41) is 0. The van der Waals surface area contributed by atoms with E-state index in [4.69, 9.17) is 0 Å². The van der Waals surface area contributed by atoms with Crippen LogP contribution in [0.4, 0.5) is 0 Å². The van der Waals surface area contributed by atoms with E-state index in [9.17, 15) is 0 Å². The average molecular weight is 403 g/mol. The van der Waals surface area contributed by atoms with Gasteiger partial charge in [0.15, 0.2) is 0 Å². The summed E-state index contributed by atoms with van der Waals surface area (Å²) in [4.78, 5) is 0. The van der Waals surface area contributed by atoms with Crippen LogP contribution in [0.5, 0.6) is 0 Å². The SMILES string of the molecule is C=CCCCCCCC1=[C-]C=CC1.[C-]1=CC=CC1.[Cl-].[Cl-].[Zr+4]. The molecule has 0 spiro atoms. The predicted octanol–water partition coefficient (Wildman–Crippen LogP) is -0.486. The topological polar surface area (TPSA) is 0 Å². The second-order valence-corrected chi connectivity index (χ2v) is 4.60. The fourth-order valence-electron chi connectivity index (χ4n) is 1.93. The molecule has 0 aliphatic heterocycles. The van der Waals surface area contributed by atoms with Crippen molar-refractivity contribution in [2.45, 2.75) is 51.4 Å². The molecule has 0 aromatic heterocycles. The summed E-state index contributed by atoms with van der Waals surface area (Å²) >= 11 is 0. The van der Waals surface area contributed by atoms with Crippen molar-refractivity contribution in [1.82, 2.24) is 0 Å². The van der Waals surface area contributed by atoms with Gasteiger partial charge in [0.25, 0.3) is 0 Å². The molecular weight excluding hydrogens is 378 g/mol. The van der Waals surface area contributed by atoms with Gasteiger partial charge in [0.05, 0.1) is 0 Å². The molecule has 0 heterocycles. The predicted molar refractivity (Wildman–Crippen MR) is 80.0 cm³/mol. The van der Waals surface area contributed by atoms with Gasteiger partial charge in [-0.15, -0.1) is 13.0 Å². The van der Waals surface area contributed by atoms with Gasteiger partial charge in [-0.2, -0.15) is 11.6 Å². The molecule has 0 unspecified atom stereocenters. The Labute approximate surface area is 162 Å². The molecule has 2 aliphatic rings. The summed E-state index contributed by atoms with van der Waals surface area (Å²) in [5.41, 5.74) is 1.49. The summed E-state index contributed by atoms with van der Waals surface area (Å²) in [6.45, 7) is 3.72. The van der Waals surface area contributed by atoms with E-state index in [1.165, 1.54) is 44.1 Å². The minimum Gasteiger partial charge on any atom is -1.00 e. The molecule has 114 valence electrons. The molecule has 0 aromatic carbocycles.